The van der Waals surface area contributed by atoms with Crippen molar-refractivity contribution in [3.8, 4) is 11.3 Å². The molecule has 1 saturated heterocycles. The average Bonchev–Trinajstić information content (AvgIpc) is 3.03. The van der Waals surface area contributed by atoms with Gasteiger partial charge in [0, 0.05) is 37.9 Å². The van der Waals surface area contributed by atoms with E-state index in [2.05, 4.69) is 25.2 Å². The van der Waals surface area contributed by atoms with Gasteiger partial charge in [-0.1, -0.05) is 0 Å². The number of nitrogens with zero attached hydrogens (tertiary/aromatic N) is 3. The van der Waals surface area contributed by atoms with E-state index in [0.717, 1.165) is 56.5 Å². The number of imidazole rings is 1. The number of ether oxygens (including phenoxy) is 1. The third-order valence-corrected chi connectivity index (χ3v) is 3.41. The van der Waals surface area contributed by atoms with E-state index < -0.39 is 0 Å². The molecule has 0 spiro atoms. The molecule has 0 radical (unpaired) electrons. The molecule has 6 heteroatoms. The van der Waals surface area contributed by atoms with Gasteiger partial charge in [-0.2, -0.15) is 0 Å². The van der Waals surface area contributed by atoms with Crippen LogP contribution in [0.15, 0.2) is 30.9 Å². The summed E-state index contributed by atoms with van der Waals surface area (Å²) in [6.07, 6.45) is 5.32. The second-order valence-corrected chi connectivity index (χ2v) is 4.78. The van der Waals surface area contributed by atoms with Crippen LogP contribution < -0.4 is 5.32 Å². The maximum Gasteiger partial charge on any atom is 0.125 e. The summed E-state index contributed by atoms with van der Waals surface area (Å²) in [5.74, 6) is 0.904. The van der Waals surface area contributed by atoms with Crippen LogP contribution in [0.25, 0.3) is 11.3 Å². The Bertz CT molecular complexity index is 505. The van der Waals surface area contributed by atoms with Crippen LogP contribution in [0.5, 0.6) is 0 Å². The molecule has 1 aliphatic rings. The normalized spacial score (nSPS) is 16.2. The predicted octanol–water partition coefficient (Wildman–Crippen LogP) is 1.22. The number of H-pyrrole nitrogens is 1. The SMILES string of the molecule is c1ncc(-c2ccc(NCCN3CCOCC3)nc2)[nH]1. The summed E-state index contributed by atoms with van der Waals surface area (Å²) in [5, 5.41) is 3.35. The molecule has 0 atom stereocenters. The topological polar surface area (TPSA) is 66.1 Å². The number of aromatic amines is 1. The summed E-state index contributed by atoms with van der Waals surface area (Å²) >= 11 is 0. The fourth-order valence-corrected chi connectivity index (χ4v) is 2.24. The summed E-state index contributed by atoms with van der Waals surface area (Å²) in [4.78, 5) is 13.9. The molecule has 20 heavy (non-hydrogen) atoms. The lowest BCUT2D eigenvalue weighted by molar-refractivity contribution is 0.0398. The standard InChI is InChI=1S/C14H19N5O/c1-2-14(16-3-4-19-5-7-20-8-6-19)17-9-12(1)13-10-15-11-18-13/h1-2,9-11H,3-8H2,(H,15,18)(H,16,17). The zero-order chi connectivity index (χ0) is 13.6. The van der Waals surface area contributed by atoms with Gasteiger partial charge in [-0.3, -0.25) is 4.90 Å². The Morgan fingerprint density at radius 1 is 1.25 bits per heavy atom. The minimum Gasteiger partial charge on any atom is -0.379 e. The van der Waals surface area contributed by atoms with E-state index >= 15 is 0 Å². The molecule has 0 aliphatic carbocycles. The van der Waals surface area contributed by atoms with E-state index in [1.165, 1.54) is 0 Å². The first-order valence-electron chi connectivity index (χ1n) is 6.90. The van der Waals surface area contributed by atoms with Crippen molar-refractivity contribution in [3.63, 3.8) is 0 Å². The lowest BCUT2D eigenvalue weighted by Crippen LogP contribution is -2.39. The van der Waals surface area contributed by atoms with Crippen LogP contribution in [-0.2, 0) is 4.74 Å². The third kappa shape index (κ3) is 3.34. The molecule has 1 aliphatic heterocycles. The van der Waals surface area contributed by atoms with Crippen molar-refractivity contribution in [2.24, 2.45) is 0 Å². The maximum absolute atomic E-state index is 5.33. The number of anilines is 1. The maximum atomic E-state index is 5.33. The first kappa shape index (κ1) is 13.1. The average molecular weight is 273 g/mol. The number of rotatable bonds is 5. The van der Waals surface area contributed by atoms with Crippen molar-refractivity contribution in [1.29, 1.82) is 0 Å². The van der Waals surface area contributed by atoms with E-state index in [4.69, 9.17) is 4.74 Å². The second kappa shape index (κ2) is 6.49. The van der Waals surface area contributed by atoms with Crippen LogP contribution in [0.2, 0.25) is 0 Å². The van der Waals surface area contributed by atoms with Crippen molar-refractivity contribution in [1.82, 2.24) is 19.9 Å². The fourth-order valence-electron chi connectivity index (χ4n) is 2.24. The quantitative estimate of drug-likeness (QED) is 0.857. The van der Waals surface area contributed by atoms with Crippen molar-refractivity contribution < 1.29 is 4.74 Å². The van der Waals surface area contributed by atoms with E-state index in [9.17, 15) is 0 Å². The number of aromatic nitrogens is 3. The number of pyridine rings is 1. The van der Waals surface area contributed by atoms with Gasteiger partial charge in [0.05, 0.1) is 31.4 Å². The van der Waals surface area contributed by atoms with Gasteiger partial charge in [-0.25, -0.2) is 9.97 Å². The molecule has 0 unspecified atom stereocenters. The van der Waals surface area contributed by atoms with E-state index in [1.54, 1.807) is 12.5 Å². The molecular weight excluding hydrogens is 254 g/mol. The van der Waals surface area contributed by atoms with Crippen LogP contribution in [-0.4, -0.2) is 59.2 Å². The van der Waals surface area contributed by atoms with Gasteiger partial charge in [0.15, 0.2) is 0 Å². The van der Waals surface area contributed by atoms with Gasteiger partial charge in [-0.15, -0.1) is 0 Å². The Kier molecular flexibility index (Phi) is 4.25. The van der Waals surface area contributed by atoms with Gasteiger partial charge >= 0.3 is 0 Å². The molecule has 2 aromatic heterocycles. The molecule has 6 nitrogen and oxygen atoms in total. The summed E-state index contributed by atoms with van der Waals surface area (Å²) in [6, 6.07) is 4.03. The highest BCUT2D eigenvalue weighted by atomic mass is 16.5. The lowest BCUT2D eigenvalue weighted by Gasteiger charge is -2.26. The van der Waals surface area contributed by atoms with Gasteiger partial charge in [-0.05, 0) is 12.1 Å². The Balaban J connectivity index is 1.48. The molecule has 3 heterocycles. The van der Waals surface area contributed by atoms with Gasteiger partial charge < -0.3 is 15.0 Å². The number of hydrogen-bond acceptors (Lipinski definition) is 5. The zero-order valence-electron chi connectivity index (χ0n) is 11.4. The van der Waals surface area contributed by atoms with Crippen molar-refractivity contribution in [3.05, 3.63) is 30.9 Å². The summed E-state index contributed by atoms with van der Waals surface area (Å²) in [5.41, 5.74) is 2.03. The zero-order valence-corrected chi connectivity index (χ0v) is 11.4. The van der Waals surface area contributed by atoms with Crippen LogP contribution in [0.1, 0.15) is 0 Å². The Morgan fingerprint density at radius 2 is 2.15 bits per heavy atom. The van der Waals surface area contributed by atoms with Crippen molar-refractivity contribution in [2.45, 2.75) is 0 Å². The van der Waals surface area contributed by atoms with Crippen LogP contribution in [0.3, 0.4) is 0 Å². The Labute approximate surface area is 118 Å². The van der Waals surface area contributed by atoms with Crippen LogP contribution >= 0.6 is 0 Å². The van der Waals surface area contributed by atoms with Crippen LogP contribution in [0.4, 0.5) is 5.82 Å². The van der Waals surface area contributed by atoms with Crippen LogP contribution in [0, 0.1) is 0 Å². The van der Waals surface area contributed by atoms with Gasteiger partial charge in [0.2, 0.25) is 0 Å². The van der Waals surface area contributed by atoms with Crippen molar-refractivity contribution in [2.75, 3.05) is 44.7 Å². The van der Waals surface area contributed by atoms with E-state index in [-0.39, 0.29) is 0 Å². The van der Waals surface area contributed by atoms with Crippen molar-refractivity contribution >= 4 is 5.82 Å². The Hall–Kier alpha value is -1.92. The first-order chi connectivity index (χ1) is 9.92. The molecule has 2 aromatic rings. The number of hydrogen-bond donors (Lipinski definition) is 2. The minimum atomic E-state index is 0.844. The Morgan fingerprint density at radius 3 is 2.85 bits per heavy atom. The largest absolute Gasteiger partial charge is 0.379 e. The van der Waals surface area contributed by atoms with E-state index in [0.29, 0.717) is 0 Å². The highest BCUT2D eigenvalue weighted by molar-refractivity contribution is 5.58. The molecule has 106 valence electrons. The smallest absolute Gasteiger partial charge is 0.125 e. The molecular formula is C14H19N5O. The third-order valence-electron chi connectivity index (χ3n) is 3.41. The molecule has 1 fully saturated rings. The van der Waals surface area contributed by atoms with Gasteiger partial charge in [0.25, 0.3) is 0 Å². The van der Waals surface area contributed by atoms with Gasteiger partial charge in [0.1, 0.15) is 5.82 Å². The number of morpholine rings is 1. The molecule has 0 bridgehead atoms. The molecule has 0 amide bonds. The minimum absolute atomic E-state index is 0.844. The second-order valence-electron chi connectivity index (χ2n) is 4.78. The monoisotopic (exact) mass is 273 g/mol. The highest BCUT2D eigenvalue weighted by Gasteiger charge is 2.09. The summed E-state index contributed by atoms with van der Waals surface area (Å²) < 4.78 is 5.33. The summed E-state index contributed by atoms with van der Waals surface area (Å²) in [6.45, 7) is 5.65. The molecule has 3 rings (SSSR count). The van der Waals surface area contributed by atoms with E-state index in [1.807, 2.05) is 18.3 Å². The predicted molar refractivity (Wildman–Crippen MR) is 77.6 cm³/mol. The summed E-state index contributed by atoms with van der Waals surface area (Å²) in [7, 11) is 0. The number of nitrogens with one attached hydrogen (secondary N) is 2. The fraction of sp³-hybridized carbons (Fsp3) is 0.429. The lowest BCUT2D eigenvalue weighted by atomic mass is 10.2. The molecule has 0 saturated carbocycles. The molecule has 2 N–H and O–H groups in total. The first-order valence-corrected chi connectivity index (χ1v) is 6.90. The highest BCUT2D eigenvalue weighted by Crippen LogP contribution is 2.15. The molecule has 0 aromatic carbocycles.